The van der Waals surface area contributed by atoms with Crippen LogP contribution in [0.4, 0.5) is 11.6 Å². The predicted molar refractivity (Wildman–Crippen MR) is 90.8 cm³/mol. The van der Waals surface area contributed by atoms with Crippen LogP contribution in [0.3, 0.4) is 0 Å². The standard InChI is InChI=1S/C15H14Br2N2O2/c16-11-1-3-12(4-2-11)18-10-13-9-14(17)15(21-13)19-5-7-20-8-6-19/h1-4,9-10H,5-8H2. The molecule has 1 aliphatic rings. The number of ether oxygens (including phenoxy) is 1. The molecule has 0 amide bonds. The van der Waals surface area contributed by atoms with E-state index in [0.29, 0.717) is 0 Å². The molecule has 0 aliphatic carbocycles. The molecule has 2 heterocycles. The van der Waals surface area contributed by atoms with Crippen LogP contribution in [0.25, 0.3) is 0 Å². The fourth-order valence-electron chi connectivity index (χ4n) is 2.09. The zero-order valence-corrected chi connectivity index (χ0v) is 14.4. The van der Waals surface area contributed by atoms with Gasteiger partial charge in [-0.05, 0) is 40.2 Å². The fraction of sp³-hybridized carbons (Fsp3) is 0.267. The summed E-state index contributed by atoms with van der Waals surface area (Å²) in [6.07, 6.45) is 1.73. The Hall–Kier alpha value is -1.11. The molecule has 2 aromatic rings. The average molecular weight is 414 g/mol. The zero-order valence-electron chi connectivity index (χ0n) is 11.3. The minimum Gasteiger partial charge on any atom is -0.438 e. The highest BCUT2D eigenvalue weighted by molar-refractivity contribution is 9.10. The maximum atomic E-state index is 5.86. The number of furan rings is 1. The van der Waals surface area contributed by atoms with Crippen molar-refractivity contribution < 1.29 is 9.15 Å². The molecule has 1 aliphatic heterocycles. The Morgan fingerprint density at radius 3 is 2.52 bits per heavy atom. The minimum absolute atomic E-state index is 0.728. The van der Waals surface area contributed by atoms with Crippen molar-refractivity contribution in [2.75, 3.05) is 31.2 Å². The second kappa shape index (κ2) is 6.77. The summed E-state index contributed by atoms with van der Waals surface area (Å²) in [5.41, 5.74) is 0.888. The molecule has 1 aromatic heterocycles. The Kier molecular flexibility index (Phi) is 4.77. The number of morpholine rings is 1. The third-order valence-electron chi connectivity index (χ3n) is 3.15. The van der Waals surface area contributed by atoms with Crippen molar-refractivity contribution in [3.05, 3.63) is 45.0 Å². The first kappa shape index (κ1) is 14.8. The quantitative estimate of drug-likeness (QED) is 0.700. The number of halogens is 2. The molecule has 110 valence electrons. The van der Waals surface area contributed by atoms with Crippen LogP contribution in [0.2, 0.25) is 0 Å². The van der Waals surface area contributed by atoms with Crippen molar-refractivity contribution in [2.45, 2.75) is 0 Å². The van der Waals surface area contributed by atoms with E-state index in [1.54, 1.807) is 6.21 Å². The summed E-state index contributed by atoms with van der Waals surface area (Å²) >= 11 is 6.95. The molecule has 21 heavy (non-hydrogen) atoms. The Morgan fingerprint density at radius 2 is 1.81 bits per heavy atom. The summed E-state index contributed by atoms with van der Waals surface area (Å²) in [5.74, 6) is 1.57. The topological polar surface area (TPSA) is 38.0 Å². The van der Waals surface area contributed by atoms with E-state index in [0.717, 1.165) is 52.6 Å². The van der Waals surface area contributed by atoms with Gasteiger partial charge >= 0.3 is 0 Å². The molecule has 3 rings (SSSR count). The molecule has 6 heteroatoms. The van der Waals surface area contributed by atoms with Gasteiger partial charge in [0, 0.05) is 23.6 Å². The monoisotopic (exact) mass is 412 g/mol. The zero-order chi connectivity index (χ0) is 14.7. The normalized spacial score (nSPS) is 15.8. The van der Waals surface area contributed by atoms with Crippen molar-refractivity contribution >= 4 is 49.6 Å². The van der Waals surface area contributed by atoms with Gasteiger partial charge < -0.3 is 14.1 Å². The SMILES string of the molecule is Brc1ccc(N=Cc2cc(Br)c(N3CCOCC3)o2)cc1. The van der Waals surface area contributed by atoms with Gasteiger partial charge in [0.2, 0.25) is 5.88 Å². The first-order valence-electron chi connectivity index (χ1n) is 6.64. The summed E-state index contributed by atoms with van der Waals surface area (Å²) in [4.78, 5) is 6.58. The summed E-state index contributed by atoms with van der Waals surface area (Å²) in [7, 11) is 0. The minimum atomic E-state index is 0.728. The van der Waals surface area contributed by atoms with Crippen LogP contribution >= 0.6 is 31.9 Å². The molecule has 1 fully saturated rings. The van der Waals surface area contributed by atoms with Crippen LogP contribution in [-0.2, 0) is 4.74 Å². The van der Waals surface area contributed by atoms with Gasteiger partial charge in [-0.3, -0.25) is 4.99 Å². The third-order valence-corrected chi connectivity index (χ3v) is 4.25. The number of aliphatic imine (C=N–C) groups is 1. The van der Waals surface area contributed by atoms with Crippen LogP contribution < -0.4 is 4.90 Å². The summed E-state index contributed by atoms with van der Waals surface area (Å²) in [5, 5.41) is 0. The van der Waals surface area contributed by atoms with E-state index in [1.807, 2.05) is 30.3 Å². The first-order valence-corrected chi connectivity index (χ1v) is 8.22. The van der Waals surface area contributed by atoms with Gasteiger partial charge in [-0.15, -0.1) is 0 Å². The van der Waals surface area contributed by atoms with Gasteiger partial charge in [0.25, 0.3) is 0 Å². The summed E-state index contributed by atoms with van der Waals surface area (Å²) in [6, 6.07) is 9.75. The van der Waals surface area contributed by atoms with E-state index < -0.39 is 0 Å². The van der Waals surface area contributed by atoms with Crippen LogP contribution in [0.1, 0.15) is 5.76 Å². The molecule has 1 aromatic carbocycles. The highest BCUT2D eigenvalue weighted by atomic mass is 79.9. The molecule has 0 atom stereocenters. The molecular weight excluding hydrogens is 400 g/mol. The van der Waals surface area contributed by atoms with Crippen molar-refractivity contribution in [3.63, 3.8) is 0 Å². The van der Waals surface area contributed by atoms with E-state index in [9.17, 15) is 0 Å². The number of nitrogens with zero attached hydrogens (tertiary/aromatic N) is 2. The van der Waals surface area contributed by atoms with Gasteiger partial charge in [0.1, 0.15) is 5.76 Å². The van der Waals surface area contributed by atoms with E-state index in [-0.39, 0.29) is 0 Å². The molecule has 1 saturated heterocycles. The van der Waals surface area contributed by atoms with Crippen molar-refractivity contribution in [3.8, 4) is 0 Å². The van der Waals surface area contributed by atoms with E-state index in [4.69, 9.17) is 9.15 Å². The highest BCUT2D eigenvalue weighted by Crippen LogP contribution is 2.30. The average Bonchev–Trinajstić information content (AvgIpc) is 2.89. The number of rotatable bonds is 3. The third kappa shape index (κ3) is 3.75. The summed E-state index contributed by atoms with van der Waals surface area (Å²) in [6.45, 7) is 3.15. The second-order valence-corrected chi connectivity index (χ2v) is 6.41. The molecular formula is C15H14Br2N2O2. The number of benzene rings is 1. The molecule has 0 spiro atoms. The molecule has 4 nitrogen and oxygen atoms in total. The maximum absolute atomic E-state index is 5.86. The Labute approximate surface area is 140 Å². The fourth-order valence-corrected chi connectivity index (χ4v) is 2.91. The lowest BCUT2D eigenvalue weighted by atomic mass is 10.3. The molecule has 0 unspecified atom stereocenters. The van der Waals surface area contributed by atoms with Crippen molar-refractivity contribution in [2.24, 2.45) is 4.99 Å². The van der Waals surface area contributed by atoms with Crippen molar-refractivity contribution in [1.29, 1.82) is 0 Å². The van der Waals surface area contributed by atoms with Crippen molar-refractivity contribution in [1.82, 2.24) is 0 Å². The molecule has 0 bridgehead atoms. The molecule has 0 N–H and O–H groups in total. The Balaban J connectivity index is 1.75. The lowest BCUT2D eigenvalue weighted by Gasteiger charge is -2.26. The van der Waals surface area contributed by atoms with E-state index in [1.165, 1.54) is 0 Å². The van der Waals surface area contributed by atoms with Crippen LogP contribution in [0.5, 0.6) is 0 Å². The van der Waals surface area contributed by atoms with Crippen LogP contribution in [0, 0.1) is 0 Å². The number of hydrogen-bond acceptors (Lipinski definition) is 4. The Morgan fingerprint density at radius 1 is 1.10 bits per heavy atom. The van der Waals surface area contributed by atoms with Crippen LogP contribution in [-0.4, -0.2) is 32.5 Å². The predicted octanol–water partition coefficient (Wildman–Crippen LogP) is 4.39. The van der Waals surface area contributed by atoms with Gasteiger partial charge in [-0.2, -0.15) is 0 Å². The second-order valence-electron chi connectivity index (χ2n) is 4.64. The Bertz CT molecular complexity index is 632. The smallest absolute Gasteiger partial charge is 0.210 e. The largest absolute Gasteiger partial charge is 0.438 e. The van der Waals surface area contributed by atoms with Crippen LogP contribution in [0.15, 0.2) is 48.7 Å². The van der Waals surface area contributed by atoms with Gasteiger partial charge in [0.15, 0.2) is 0 Å². The highest BCUT2D eigenvalue weighted by Gasteiger charge is 2.18. The van der Waals surface area contributed by atoms with E-state index in [2.05, 4.69) is 41.8 Å². The number of hydrogen-bond donors (Lipinski definition) is 0. The lowest BCUT2D eigenvalue weighted by Crippen LogP contribution is -2.36. The lowest BCUT2D eigenvalue weighted by molar-refractivity contribution is 0.120. The number of anilines is 1. The maximum Gasteiger partial charge on any atom is 0.210 e. The molecule has 0 radical (unpaired) electrons. The van der Waals surface area contributed by atoms with Gasteiger partial charge in [-0.1, -0.05) is 15.9 Å². The van der Waals surface area contributed by atoms with Gasteiger partial charge in [0.05, 0.1) is 29.6 Å². The van der Waals surface area contributed by atoms with E-state index >= 15 is 0 Å². The first-order chi connectivity index (χ1) is 10.2. The van der Waals surface area contributed by atoms with Gasteiger partial charge in [-0.25, -0.2) is 0 Å². The molecule has 0 saturated carbocycles. The summed E-state index contributed by atoms with van der Waals surface area (Å²) < 4.78 is 13.2.